The fraction of sp³-hybridized carbons (Fsp3) is 0.250. The Morgan fingerprint density at radius 2 is 2.07 bits per heavy atom. The van der Waals surface area contributed by atoms with Gasteiger partial charge in [0.15, 0.2) is 5.82 Å². The number of aryl methyl sites for hydroxylation is 1. The lowest BCUT2D eigenvalue weighted by Gasteiger charge is -2.19. The lowest BCUT2D eigenvalue weighted by Crippen LogP contribution is -2.28. The quantitative estimate of drug-likeness (QED) is 0.691. The number of tetrazole rings is 1. The van der Waals surface area contributed by atoms with Gasteiger partial charge >= 0.3 is 0 Å². The predicted octanol–water partition coefficient (Wildman–Crippen LogP) is 2.11. The molecule has 1 saturated heterocycles. The Labute approximate surface area is 171 Å². The van der Waals surface area contributed by atoms with Gasteiger partial charge in [-0.2, -0.15) is 4.68 Å². The molecule has 0 spiro atoms. The maximum atomic E-state index is 14.3. The molecule has 0 radical (unpaired) electrons. The van der Waals surface area contributed by atoms with Crippen LogP contribution < -0.4 is 15.0 Å². The van der Waals surface area contributed by atoms with Crippen molar-refractivity contribution in [3.05, 3.63) is 54.1 Å². The van der Waals surface area contributed by atoms with E-state index in [0.717, 1.165) is 0 Å². The monoisotopic (exact) mass is 410 g/mol. The van der Waals surface area contributed by atoms with E-state index in [0.29, 0.717) is 22.9 Å². The van der Waals surface area contributed by atoms with Crippen molar-refractivity contribution in [1.29, 1.82) is 0 Å². The zero-order chi connectivity index (χ0) is 21.3. The molecule has 10 heteroatoms. The molecule has 0 bridgehead atoms. The van der Waals surface area contributed by atoms with Crippen LogP contribution in [0.2, 0.25) is 0 Å². The average molecular weight is 410 g/mol. The molecule has 4 rings (SSSR count). The van der Waals surface area contributed by atoms with Crippen LogP contribution in [0, 0.1) is 18.7 Å². The highest BCUT2D eigenvalue weighted by molar-refractivity contribution is 6.04. The third-order valence-corrected chi connectivity index (χ3v) is 4.95. The maximum absolute atomic E-state index is 14.3. The Balaban J connectivity index is 1.52. The summed E-state index contributed by atoms with van der Waals surface area (Å²) in [4.78, 5) is 26.8. The highest BCUT2D eigenvalue weighted by atomic mass is 19.1. The Kier molecular flexibility index (Phi) is 5.13. The van der Waals surface area contributed by atoms with E-state index in [4.69, 9.17) is 4.74 Å². The fourth-order valence-corrected chi connectivity index (χ4v) is 3.41. The molecule has 2 amide bonds. The molecule has 0 saturated carbocycles. The lowest BCUT2D eigenvalue weighted by atomic mass is 10.1. The number of methoxy groups -OCH3 is 1. The van der Waals surface area contributed by atoms with Crippen molar-refractivity contribution in [2.45, 2.75) is 13.3 Å². The van der Waals surface area contributed by atoms with Crippen molar-refractivity contribution in [3.63, 3.8) is 0 Å². The molecule has 1 unspecified atom stereocenters. The molecule has 2 aromatic carbocycles. The zero-order valence-corrected chi connectivity index (χ0v) is 16.4. The minimum atomic E-state index is -0.625. The van der Waals surface area contributed by atoms with Crippen molar-refractivity contribution >= 4 is 23.2 Å². The number of ether oxygens (including phenoxy) is 1. The van der Waals surface area contributed by atoms with Gasteiger partial charge in [-0.3, -0.25) is 9.59 Å². The van der Waals surface area contributed by atoms with Crippen LogP contribution in [0.1, 0.15) is 12.2 Å². The normalized spacial score (nSPS) is 16.0. The molecule has 154 valence electrons. The summed E-state index contributed by atoms with van der Waals surface area (Å²) < 4.78 is 21.0. The second-order valence-electron chi connectivity index (χ2n) is 6.87. The van der Waals surface area contributed by atoms with Gasteiger partial charge in [0, 0.05) is 13.0 Å². The number of amides is 2. The first kappa shape index (κ1) is 19.5. The Hall–Kier alpha value is -3.82. The van der Waals surface area contributed by atoms with E-state index in [9.17, 15) is 14.0 Å². The highest BCUT2D eigenvalue weighted by Crippen LogP contribution is 2.33. The summed E-state index contributed by atoms with van der Waals surface area (Å²) in [6.07, 6.45) is 0.0251. The van der Waals surface area contributed by atoms with Crippen LogP contribution in [0.5, 0.6) is 5.75 Å². The number of nitrogens with one attached hydrogen (secondary N) is 1. The molecular weight excluding hydrogens is 391 g/mol. The maximum Gasteiger partial charge on any atom is 0.229 e. The average Bonchev–Trinajstić information content (AvgIpc) is 3.35. The second-order valence-corrected chi connectivity index (χ2v) is 6.87. The second kappa shape index (κ2) is 7.90. The number of carbonyl (C=O) groups excluding carboxylic acids is 2. The minimum absolute atomic E-state index is 0.00408. The standard InChI is InChI=1S/C20H19FN6O3/c1-12-23-24-25-27(12)14-7-8-15(21)16(10-14)22-20(29)13-9-19(28)26(11-13)17-5-3-4-6-18(17)30-2/h3-8,10,13H,9,11H2,1-2H3,(H,22,29). The van der Waals surface area contributed by atoms with E-state index in [-0.39, 0.29) is 24.6 Å². The smallest absolute Gasteiger partial charge is 0.229 e. The van der Waals surface area contributed by atoms with Crippen LogP contribution in [0.15, 0.2) is 42.5 Å². The Morgan fingerprint density at radius 1 is 1.27 bits per heavy atom. The van der Waals surface area contributed by atoms with Crippen molar-refractivity contribution in [2.75, 3.05) is 23.9 Å². The van der Waals surface area contributed by atoms with Gasteiger partial charge in [-0.1, -0.05) is 12.1 Å². The van der Waals surface area contributed by atoms with Gasteiger partial charge in [-0.25, -0.2) is 4.39 Å². The summed E-state index contributed by atoms with van der Waals surface area (Å²) in [5.74, 6) is -0.789. The number of hydrogen-bond acceptors (Lipinski definition) is 6. The molecule has 1 atom stereocenters. The summed E-state index contributed by atoms with van der Waals surface area (Å²) >= 11 is 0. The number of hydrogen-bond donors (Lipinski definition) is 1. The van der Waals surface area contributed by atoms with Crippen molar-refractivity contribution in [2.24, 2.45) is 5.92 Å². The number of anilines is 2. The molecule has 3 aromatic rings. The van der Waals surface area contributed by atoms with Crippen LogP contribution in [-0.2, 0) is 9.59 Å². The molecule has 1 N–H and O–H groups in total. The first-order chi connectivity index (χ1) is 14.5. The summed E-state index contributed by atoms with van der Waals surface area (Å²) in [6, 6.07) is 11.3. The van der Waals surface area contributed by atoms with Crippen molar-refractivity contribution in [1.82, 2.24) is 20.2 Å². The van der Waals surface area contributed by atoms with Crippen LogP contribution in [0.25, 0.3) is 5.69 Å². The Morgan fingerprint density at radius 3 is 2.80 bits per heavy atom. The number of rotatable bonds is 5. The first-order valence-corrected chi connectivity index (χ1v) is 9.27. The predicted molar refractivity (Wildman–Crippen MR) is 106 cm³/mol. The number of halogens is 1. The van der Waals surface area contributed by atoms with Crippen LogP contribution in [0.3, 0.4) is 0 Å². The summed E-state index contributed by atoms with van der Waals surface area (Å²) in [5.41, 5.74) is 1.10. The molecule has 0 aliphatic carbocycles. The van der Waals surface area contributed by atoms with E-state index in [2.05, 4.69) is 20.8 Å². The third-order valence-electron chi connectivity index (χ3n) is 4.95. The van der Waals surface area contributed by atoms with Crippen LogP contribution in [0.4, 0.5) is 15.8 Å². The third kappa shape index (κ3) is 3.59. The van der Waals surface area contributed by atoms with Crippen LogP contribution >= 0.6 is 0 Å². The van der Waals surface area contributed by atoms with Gasteiger partial charge in [-0.15, -0.1) is 5.10 Å². The SMILES string of the molecule is COc1ccccc1N1CC(C(=O)Nc2cc(-n3nnnc3C)ccc2F)CC1=O. The number of nitrogens with zero attached hydrogens (tertiary/aromatic N) is 5. The molecular formula is C20H19FN6O3. The largest absolute Gasteiger partial charge is 0.495 e. The van der Waals surface area contributed by atoms with Gasteiger partial charge in [0.25, 0.3) is 0 Å². The molecule has 2 heterocycles. The minimum Gasteiger partial charge on any atom is -0.495 e. The van der Waals surface area contributed by atoms with E-state index in [1.54, 1.807) is 31.2 Å². The molecule has 30 heavy (non-hydrogen) atoms. The van der Waals surface area contributed by atoms with Gasteiger partial charge < -0.3 is 15.0 Å². The molecule has 9 nitrogen and oxygen atoms in total. The van der Waals surface area contributed by atoms with Crippen molar-refractivity contribution < 1.29 is 18.7 Å². The molecule has 1 aromatic heterocycles. The number of para-hydroxylation sites is 2. The topological polar surface area (TPSA) is 102 Å². The summed E-state index contributed by atoms with van der Waals surface area (Å²) in [6.45, 7) is 1.89. The number of benzene rings is 2. The van der Waals surface area contributed by atoms with Gasteiger partial charge in [-0.05, 0) is 47.7 Å². The van der Waals surface area contributed by atoms with E-state index >= 15 is 0 Å². The fourth-order valence-electron chi connectivity index (χ4n) is 3.41. The number of carbonyl (C=O) groups is 2. The van der Waals surface area contributed by atoms with E-state index < -0.39 is 17.6 Å². The van der Waals surface area contributed by atoms with Gasteiger partial charge in [0.2, 0.25) is 11.8 Å². The van der Waals surface area contributed by atoms with Gasteiger partial charge in [0.1, 0.15) is 11.6 Å². The lowest BCUT2D eigenvalue weighted by molar-refractivity contribution is -0.122. The van der Waals surface area contributed by atoms with Crippen molar-refractivity contribution in [3.8, 4) is 11.4 Å². The highest BCUT2D eigenvalue weighted by Gasteiger charge is 2.36. The summed E-state index contributed by atoms with van der Waals surface area (Å²) in [5, 5.41) is 13.8. The zero-order valence-electron chi connectivity index (χ0n) is 16.4. The molecule has 1 aliphatic heterocycles. The van der Waals surface area contributed by atoms with E-state index in [1.807, 2.05) is 0 Å². The first-order valence-electron chi connectivity index (χ1n) is 9.27. The summed E-state index contributed by atoms with van der Waals surface area (Å²) in [7, 11) is 1.52. The Bertz CT molecular complexity index is 1120. The molecule has 1 fully saturated rings. The molecule has 1 aliphatic rings. The van der Waals surface area contributed by atoms with Gasteiger partial charge in [0.05, 0.1) is 30.1 Å². The number of aromatic nitrogens is 4. The van der Waals surface area contributed by atoms with E-state index in [1.165, 1.54) is 34.9 Å². The van der Waals surface area contributed by atoms with Crippen LogP contribution in [-0.4, -0.2) is 45.7 Å².